The summed E-state index contributed by atoms with van der Waals surface area (Å²) in [5.41, 5.74) is 1.58. The van der Waals surface area contributed by atoms with E-state index in [0.717, 1.165) is 11.8 Å². The maximum atomic E-state index is 13.2. The van der Waals surface area contributed by atoms with Crippen molar-refractivity contribution in [2.75, 3.05) is 36.5 Å². The molecular weight excluding hydrogens is 480 g/mol. The van der Waals surface area contributed by atoms with Crippen LogP contribution >= 0.6 is 11.6 Å². The Bertz CT molecular complexity index is 1330. The summed E-state index contributed by atoms with van der Waals surface area (Å²) in [7, 11) is -4.31. The van der Waals surface area contributed by atoms with E-state index in [9.17, 15) is 18.5 Å². The van der Waals surface area contributed by atoms with E-state index in [1.54, 1.807) is 30.3 Å². The van der Waals surface area contributed by atoms with Crippen LogP contribution < -0.4 is 10.2 Å². The number of nitro benzene ring substituents is 1. The molecule has 34 heavy (non-hydrogen) atoms. The third-order valence-corrected chi connectivity index (χ3v) is 6.77. The van der Waals surface area contributed by atoms with Crippen LogP contribution in [0.2, 0.25) is 5.02 Å². The molecule has 0 aromatic heterocycles. The van der Waals surface area contributed by atoms with Crippen molar-refractivity contribution in [3.63, 3.8) is 0 Å². The van der Waals surface area contributed by atoms with E-state index >= 15 is 0 Å². The van der Waals surface area contributed by atoms with Crippen LogP contribution in [-0.2, 0) is 14.8 Å². The lowest BCUT2D eigenvalue weighted by Gasteiger charge is -2.30. The van der Waals surface area contributed by atoms with Gasteiger partial charge in [0.05, 0.1) is 34.4 Å². The Balaban J connectivity index is 1.77. The first-order valence-electron chi connectivity index (χ1n) is 10.4. The Morgan fingerprint density at radius 1 is 1.03 bits per heavy atom. The number of nitro groups is 1. The fraction of sp³-hybridized carbons (Fsp3) is 0.174. The molecule has 1 fully saturated rings. The van der Waals surface area contributed by atoms with Gasteiger partial charge in [-0.05, 0) is 24.3 Å². The molecule has 0 saturated carbocycles. The number of ether oxygens (including phenoxy) is 1. The summed E-state index contributed by atoms with van der Waals surface area (Å²) < 4.78 is 35.8. The quantitative estimate of drug-likeness (QED) is 0.232. The highest BCUT2D eigenvalue weighted by atomic mass is 35.5. The Hall–Kier alpha value is -3.47. The van der Waals surface area contributed by atoms with Gasteiger partial charge in [0.25, 0.3) is 15.7 Å². The lowest BCUT2D eigenvalue weighted by Crippen LogP contribution is -2.36. The van der Waals surface area contributed by atoms with Gasteiger partial charge in [0.2, 0.25) is 0 Å². The Morgan fingerprint density at radius 3 is 2.41 bits per heavy atom. The molecule has 1 aliphatic heterocycles. The summed E-state index contributed by atoms with van der Waals surface area (Å²) in [6, 6.07) is 19.6. The van der Waals surface area contributed by atoms with Crippen molar-refractivity contribution in [1.29, 1.82) is 0 Å². The van der Waals surface area contributed by atoms with Crippen LogP contribution in [0.25, 0.3) is 0 Å². The van der Waals surface area contributed by atoms with Gasteiger partial charge in [-0.25, -0.2) is 0 Å². The lowest BCUT2D eigenvalue weighted by atomic mass is 10.2. The first-order chi connectivity index (χ1) is 16.3. The Kier molecular flexibility index (Phi) is 7.11. The van der Waals surface area contributed by atoms with Gasteiger partial charge in [-0.3, -0.25) is 10.1 Å². The number of amidine groups is 1. The van der Waals surface area contributed by atoms with E-state index in [2.05, 4.69) is 14.6 Å². The van der Waals surface area contributed by atoms with E-state index in [0.29, 0.717) is 37.6 Å². The van der Waals surface area contributed by atoms with Gasteiger partial charge in [0.1, 0.15) is 5.02 Å². The molecule has 9 nitrogen and oxygen atoms in total. The van der Waals surface area contributed by atoms with Crippen molar-refractivity contribution in [3.8, 4) is 0 Å². The number of rotatable bonds is 6. The van der Waals surface area contributed by atoms with Gasteiger partial charge in [-0.15, -0.1) is 4.40 Å². The molecule has 0 atom stereocenters. The Labute approximate surface area is 201 Å². The van der Waals surface area contributed by atoms with Gasteiger partial charge < -0.3 is 15.0 Å². The van der Waals surface area contributed by atoms with Crippen molar-refractivity contribution in [2.45, 2.75) is 4.90 Å². The fourth-order valence-corrected chi connectivity index (χ4v) is 4.68. The minimum Gasteiger partial charge on any atom is -0.378 e. The molecule has 0 radical (unpaired) electrons. The number of sulfonamides is 1. The van der Waals surface area contributed by atoms with Gasteiger partial charge >= 0.3 is 0 Å². The molecule has 1 saturated heterocycles. The second-order valence-corrected chi connectivity index (χ2v) is 9.40. The van der Waals surface area contributed by atoms with Crippen LogP contribution in [0.5, 0.6) is 0 Å². The fourth-order valence-electron chi connectivity index (χ4n) is 3.50. The summed E-state index contributed by atoms with van der Waals surface area (Å²) in [6.07, 6.45) is 0. The predicted octanol–water partition coefficient (Wildman–Crippen LogP) is 4.33. The highest BCUT2D eigenvalue weighted by Gasteiger charge is 2.22. The zero-order chi connectivity index (χ0) is 24.1. The highest BCUT2D eigenvalue weighted by Crippen LogP contribution is 2.30. The molecule has 1 N–H and O–H groups in total. The van der Waals surface area contributed by atoms with Crippen molar-refractivity contribution in [2.24, 2.45) is 4.40 Å². The van der Waals surface area contributed by atoms with E-state index < -0.39 is 20.6 Å². The SMILES string of the molecule is O=[N+]([O-])c1cc(S(=O)(=O)N=C(Nc2ccccc2N2CCOCC2)c2ccccc2)ccc1Cl. The minimum atomic E-state index is -4.31. The summed E-state index contributed by atoms with van der Waals surface area (Å²) in [5.74, 6) is 0.0823. The van der Waals surface area contributed by atoms with Gasteiger partial charge in [0.15, 0.2) is 5.84 Å². The van der Waals surface area contributed by atoms with Crippen LogP contribution in [-0.4, -0.2) is 45.5 Å². The Morgan fingerprint density at radius 2 is 1.71 bits per heavy atom. The minimum absolute atomic E-state index is 0.0823. The average molecular weight is 501 g/mol. The number of nitrogens with zero attached hydrogens (tertiary/aromatic N) is 3. The van der Waals surface area contributed by atoms with Crippen molar-refractivity contribution in [1.82, 2.24) is 0 Å². The molecule has 0 unspecified atom stereocenters. The van der Waals surface area contributed by atoms with Crippen molar-refractivity contribution in [3.05, 3.63) is 93.5 Å². The molecule has 0 amide bonds. The maximum absolute atomic E-state index is 13.2. The summed E-state index contributed by atoms with van der Waals surface area (Å²) in [6.45, 7) is 2.59. The van der Waals surface area contributed by atoms with Gasteiger partial charge in [-0.2, -0.15) is 8.42 Å². The predicted molar refractivity (Wildman–Crippen MR) is 131 cm³/mol. The topological polar surface area (TPSA) is 114 Å². The molecule has 0 spiro atoms. The summed E-state index contributed by atoms with van der Waals surface area (Å²) in [5, 5.41) is 14.2. The number of hydrogen-bond donors (Lipinski definition) is 1. The number of halogens is 1. The summed E-state index contributed by atoms with van der Waals surface area (Å²) in [4.78, 5) is 12.3. The zero-order valence-corrected chi connectivity index (χ0v) is 19.5. The number of hydrogen-bond acceptors (Lipinski definition) is 6. The van der Waals surface area contributed by atoms with E-state index in [4.69, 9.17) is 16.3 Å². The summed E-state index contributed by atoms with van der Waals surface area (Å²) >= 11 is 5.84. The molecular formula is C23H21ClN4O5S. The molecule has 0 bridgehead atoms. The van der Waals surface area contributed by atoms with Crippen molar-refractivity contribution >= 4 is 44.5 Å². The number of para-hydroxylation sites is 2. The lowest BCUT2D eigenvalue weighted by molar-refractivity contribution is -0.384. The number of benzene rings is 3. The van der Waals surface area contributed by atoms with Gasteiger partial charge in [-0.1, -0.05) is 54.1 Å². The maximum Gasteiger partial charge on any atom is 0.289 e. The highest BCUT2D eigenvalue weighted by molar-refractivity contribution is 7.90. The van der Waals surface area contributed by atoms with E-state index in [1.807, 2.05) is 24.3 Å². The number of nitrogens with one attached hydrogen (secondary N) is 1. The molecule has 1 aliphatic rings. The second-order valence-electron chi connectivity index (χ2n) is 7.39. The first kappa shape index (κ1) is 23.7. The zero-order valence-electron chi connectivity index (χ0n) is 17.9. The van der Waals surface area contributed by atoms with Crippen LogP contribution in [0.15, 0.2) is 82.1 Å². The molecule has 176 valence electrons. The standard InChI is InChI=1S/C23H21ClN4O5S/c24-19-11-10-18(16-22(19)28(29)30)34(31,32)26-23(17-6-2-1-3-7-17)25-20-8-4-5-9-21(20)27-12-14-33-15-13-27/h1-11,16H,12-15H2,(H,25,26). The molecule has 0 aliphatic carbocycles. The molecule has 11 heteroatoms. The molecule has 3 aromatic carbocycles. The monoisotopic (exact) mass is 500 g/mol. The van der Waals surface area contributed by atoms with E-state index in [1.165, 1.54) is 12.1 Å². The normalized spacial score (nSPS) is 14.6. The number of anilines is 2. The van der Waals surface area contributed by atoms with Crippen LogP contribution in [0.3, 0.4) is 0 Å². The van der Waals surface area contributed by atoms with Crippen LogP contribution in [0.4, 0.5) is 17.1 Å². The first-order valence-corrected chi connectivity index (χ1v) is 12.2. The average Bonchev–Trinajstić information content (AvgIpc) is 2.85. The second kappa shape index (κ2) is 10.2. The van der Waals surface area contributed by atoms with Gasteiger partial charge in [0, 0.05) is 24.7 Å². The van der Waals surface area contributed by atoms with Crippen LogP contribution in [0, 0.1) is 10.1 Å². The number of morpholine rings is 1. The molecule has 3 aromatic rings. The molecule has 1 heterocycles. The van der Waals surface area contributed by atoms with Crippen molar-refractivity contribution < 1.29 is 18.1 Å². The third-order valence-electron chi connectivity index (χ3n) is 5.18. The molecule has 4 rings (SSSR count). The van der Waals surface area contributed by atoms with E-state index in [-0.39, 0.29) is 15.8 Å². The smallest absolute Gasteiger partial charge is 0.289 e. The third kappa shape index (κ3) is 5.36. The van der Waals surface area contributed by atoms with Crippen LogP contribution in [0.1, 0.15) is 5.56 Å². The largest absolute Gasteiger partial charge is 0.378 e.